The third-order valence-electron chi connectivity index (χ3n) is 2.77. The topological polar surface area (TPSA) is 48.7 Å². The van der Waals surface area contributed by atoms with Crippen molar-refractivity contribution >= 4 is 0 Å². The summed E-state index contributed by atoms with van der Waals surface area (Å²) in [5, 5.41) is 12.4. The predicted molar refractivity (Wildman–Crippen MR) is 70.6 cm³/mol. The molecule has 1 atom stereocenters. The average Bonchev–Trinajstić information content (AvgIpc) is 2.42. The van der Waals surface area contributed by atoms with E-state index in [0.717, 1.165) is 11.1 Å². The molecular weight excluding hydrogens is 222 g/mol. The summed E-state index contributed by atoms with van der Waals surface area (Å²) in [6.07, 6.45) is 3.54. The summed E-state index contributed by atoms with van der Waals surface area (Å²) in [5.74, 6) is 0. The number of rotatable bonds is 4. The minimum absolute atomic E-state index is 0.286. The third-order valence-corrected chi connectivity index (χ3v) is 2.77. The highest BCUT2D eigenvalue weighted by Crippen LogP contribution is 2.13. The molecule has 0 saturated heterocycles. The summed E-state index contributed by atoms with van der Waals surface area (Å²) < 4.78 is 0. The number of aromatic nitrogens is 1. The number of pyridine rings is 1. The molecule has 0 fully saturated rings. The lowest BCUT2D eigenvalue weighted by molar-refractivity contribution is 0.629. The van der Waals surface area contributed by atoms with Gasteiger partial charge in [0.05, 0.1) is 6.07 Å². The van der Waals surface area contributed by atoms with Crippen LogP contribution in [0.3, 0.4) is 0 Å². The fourth-order valence-electron chi connectivity index (χ4n) is 1.72. The Labute approximate surface area is 107 Å². The number of nitriles is 1. The Hall–Kier alpha value is -2.18. The largest absolute Gasteiger partial charge is 0.294 e. The molecule has 18 heavy (non-hydrogen) atoms. The fraction of sp³-hybridized carbons (Fsp3) is 0.200. The maximum Gasteiger partial charge on any atom is 0.121 e. The molecule has 3 heteroatoms. The van der Waals surface area contributed by atoms with Gasteiger partial charge in [-0.25, -0.2) is 0 Å². The molecule has 0 bridgehead atoms. The van der Waals surface area contributed by atoms with Crippen LogP contribution in [0, 0.1) is 18.3 Å². The van der Waals surface area contributed by atoms with Crippen molar-refractivity contribution in [1.82, 2.24) is 10.3 Å². The van der Waals surface area contributed by atoms with E-state index in [1.54, 1.807) is 12.4 Å². The van der Waals surface area contributed by atoms with E-state index in [4.69, 9.17) is 0 Å². The monoisotopic (exact) mass is 237 g/mol. The molecule has 0 aliphatic carbocycles. The van der Waals surface area contributed by atoms with Crippen LogP contribution in [0.4, 0.5) is 0 Å². The average molecular weight is 237 g/mol. The van der Waals surface area contributed by atoms with Gasteiger partial charge in [-0.05, 0) is 24.1 Å². The molecule has 0 amide bonds. The van der Waals surface area contributed by atoms with Crippen molar-refractivity contribution < 1.29 is 0 Å². The lowest BCUT2D eigenvalue weighted by Crippen LogP contribution is -2.19. The molecule has 2 rings (SSSR count). The van der Waals surface area contributed by atoms with Gasteiger partial charge in [0.2, 0.25) is 0 Å². The van der Waals surface area contributed by atoms with Crippen LogP contribution >= 0.6 is 0 Å². The molecule has 1 N–H and O–H groups in total. The van der Waals surface area contributed by atoms with Gasteiger partial charge >= 0.3 is 0 Å². The van der Waals surface area contributed by atoms with Crippen LogP contribution in [0.25, 0.3) is 0 Å². The SMILES string of the molecule is Cc1ccc(C(C#N)NCc2cccnc2)cc1. The Morgan fingerprint density at radius 2 is 2.06 bits per heavy atom. The Balaban J connectivity index is 2.02. The van der Waals surface area contributed by atoms with Crippen LogP contribution in [-0.2, 0) is 6.54 Å². The van der Waals surface area contributed by atoms with E-state index in [9.17, 15) is 5.26 Å². The molecule has 0 radical (unpaired) electrons. The van der Waals surface area contributed by atoms with E-state index in [0.29, 0.717) is 6.54 Å². The number of hydrogen-bond donors (Lipinski definition) is 1. The highest BCUT2D eigenvalue weighted by molar-refractivity contribution is 5.27. The molecule has 0 spiro atoms. The van der Waals surface area contributed by atoms with Gasteiger partial charge in [-0.3, -0.25) is 10.3 Å². The third kappa shape index (κ3) is 3.16. The zero-order valence-corrected chi connectivity index (χ0v) is 10.3. The number of benzene rings is 1. The van der Waals surface area contributed by atoms with Crippen LogP contribution in [0.1, 0.15) is 22.7 Å². The van der Waals surface area contributed by atoms with E-state index in [-0.39, 0.29) is 6.04 Å². The van der Waals surface area contributed by atoms with Crippen molar-refractivity contribution in [2.45, 2.75) is 19.5 Å². The molecular formula is C15H15N3. The second-order valence-corrected chi connectivity index (χ2v) is 4.21. The van der Waals surface area contributed by atoms with Crippen molar-refractivity contribution in [3.63, 3.8) is 0 Å². The highest BCUT2D eigenvalue weighted by Gasteiger charge is 2.09. The summed E-state index contributed by atoms with van der Waals surface area (Å²) in [4.78, 5) is 4.05. The van der Waals surface area contributed by atoms with Crippen molar-refractivity contribution in [2.24, 2.45) is 0 Å². The summed E-state index contributed by atoms with van der Waals surface area (Å²) in [6.45, 7) is 2.67. The van der Waals surface area contributed by atoms with E-state index >= 15 is 0 Å². The van der Waals surface area contributed by atoms with Crippen LogP contribution in [0.5, 0.6) is 0 Å². The molecule has 1 heterocycles. The number of nitrogens with zero attached hydrogens (tertiary/aromatic N) is 2. The summed E-state index contributed by atoms with van der Waals surface area (Å²) >= 11 is 0. The first-order valence-corrected chi connectivity index (χ1v) is 5.88. The van der Waals surface area contributed by atoms with Crippen molar-refractivity contribution in [2.75, 3.05) is 0 Å². The molecule has 1 aromatic heterocycles. The zero-order valence-electron chi connectivity index (χ0n) is 10.3. The van der Waals surface area contributed by atoms with Gasteiger partial charge in [-0.1, -0.05) is 35.9 Å². The molecule has 2 aromatic rings. The second kappa shape index (κ2) is 5.95. The van der Waals surface area contributed by atoms with Crippen molar-refractivity contribution in [3.05, 3.63) is 65.5 Å². The number of hydrogen-bond acceptors (Lipinski definition) is 3. The molecule has 0 aliphatic heterocycles. The maximum absolute atomic E-state index is 9.20. The fourth-order valence-corrected chi connectivity index (χ4v) is 1.72. The summed E-state index contributed by atoms with van der Waals surface area (Å²) in [6, 6.07) is 13.9. The standard InChI is InChI=1S/C15H15N3/c1-12-4-6-14(7-5-12)15(9-16)18-11-13-3-2-8-17-10-13/h2-8,10,15,18H,11H2,1H3. The molecule has 90 valence electrons. The van der Waals surface area contributed by atoms with E-state index in [1.165, 1.54) is 5.56 Å². The van der Waals surface area contributed by atoms with E-state index in [2.05, 4.69) is 16.4 Å². The van der Waals surface area contributed by atoms with Gasteiger partial charge in [0.1, 0.15) is 6.04 Å². The molecule has 1 aromatic carbocycles. The minimum atomic E-state index is -0.286. The smallest absolute Gasteiger partial charge is 0.121 e. The van der Waals surface area contributed by atoms with E-state index < -0.39 is 0 Å². The number of aryl methyl sites for hydroxylation is 1. The van der Waals surface area contributed by atoms with Gasteiger partial charge in [-0.2, -0.15) is 5.26 Å². The Morgan fingerprint density at radius 3 is 2.67 bits per heavy atom. The van der Waals surface area contributed by atoms with Gasteiger partial charge < -0.3 is 0 Å². The Bertz CT molecular complexity index is 526. The lowest BCUT2D eigenvalue weighted by atomic mass is 10.1. The Morgan fingerprint density at radius 1 is 1.28 bits per heavy atom. The minimum Gasteiger partial charge on any atom is -0.294 e. The van der Waals surface area contributed by atoms with Crippen LogP contribution in [0.2, 0.25) is 0 Å². The lowest BCUT2D eigenvalue weighted by Gasteiger charge is -2.12. The van der Waals surface area contributed by atoms with Crippen LogP contribution in [0.15, 0.2) is 48.8 Å². The second-order valence-electron chi connectivity index (χ2n) is 4.21. The summed E-state index contributed by atoms with van der Waals surface area (Å²) in [7, 11) is 0. The van der Waals surface area contributed by atoms with Gasteiger partial charge in [0.25, 0.3) is 0 Å². The van der Waals surface area contributed by atoms with Crippen LogP contribution < -0.4 is 5.32 Å². The van der Waals surface area contributed by atoms with Crippen molar-refractivity contribution in [1.29, 1.82) is 5.26 Å². The van der Waals surface area contributed by atoms with Gasteiger partial charge in [0.15, 0.2) is 0 Å². The first-order valence-electron chi connectivity index (χ1n) is 5.88. The normalized spacial score (nSPS) is 11.8. The van der Waals surface area contributed by atoms with Gasteiger partial charge in [-0.15, -0.1) is 0 Å². The quantitative estimate of drug-likeness (QED) is 0.889. The van der Waals surface area contributed by atoms with Crippen LogP contribution in [-0.4, -0.2) is 4.98 Å². The molecule has 1 unspecified atom stereocenters. The maximum atomic E-state index is 9.20. The predicted octanol–water partition coefficient (Wildman–Crippen LogP) is 2.74. The first-order chi connectivity index (χ1) is 8.79. The summed E-state index contributed by atoms with van der Waals surface area (Å²) in [5.41, 5.74) is 3.26. The molecule has 0 aliphatic rings. The van der Waals surface area contributed by atoms with E-state index in [1.807, 2.05) is 43.3 Å². The first kappa shape index (κ1) is 12.3. The van der Waals surface area contributed by atoms with Gasteiger partial charge in [0, 0.05) is 18.9 Å². The number of nitrogens with one attached hydrogen (secondary N) is 1. The zero-order chi connectivity index (χ0) is 12.8. The molecule has 3 nitrogen and oxygen atoms in total. The van der Waals surface area contributed by atoms with Crippen molar-refractivity contribution in [3.8, 4) is 6.07 Å². The molecule has 0 saturated carbocycles. The Kier molecular flexibility index (Phi) is 4.06. The highest BCUT2D eigenvalue weighted by atomic mass is 14.9.